The van der Waals surface area contributed by atoms with Crippen LogP contribution >= 0.6 is 0 Å². The fourth-order valence-corrected chi connectivity index (χ4v) is 4.35. The molecule has 0 aliphatic carbocycles. The highest BCUT2D eigenvalue weighted by atomic mass is 16.5. The van der Waals surface area contributed by atoms with Crippen LogP contribution in [-0.4, -0.2) is 47.2 Å². The summed E-state index contributed by atoms with van der Waals surface area (Å²) >= 11 is 0. The van der Waals surface area contributed by atoms with E-state index in [1.54, 1.807) is 6.20 Å². The molecular weight excluding hydrogens is 368 g/mol. The van der Waals surface area contributed by atoms with Gasteiger partial charge in [-0.15, -0.1) is 0 Å². The molecule has 0 saturated carbocycles. The number of hydrogen-bond donors (Lipinski definition) is 0. The Hall–Kier alpha value is -2.70. The SMILES string of the molecule is Cc1c(C(=O)N2CC3(C[C@@H](OCc4ccccn4)CCO3)C2)oc2ccccc12. The van der Waals surface area contributed by atoms with Gasteiger partial charge in [0.05, 0.1) is 31.5 Å². The van der Waals surface area contributed by atoms with Gasteiger partial charge in [-0.3, -0.25) is 9.78 Å². The molecule has 2 saturated heterocycles. The van der Waals surface area contributed by atoms with Crippen molar-refractivity contribution in [1.29, 1.82) is 0 Å². The zero-order valence-corrected chi connectivity index (χ0v) is 16.5. The Balaban J connectivity index is 1.22. The average Bonchev–Trinajstić information content (AvgIpc) is 3.08. The molecule has 6 nitrogen and oxygen atoms in total. The summed E-state index contributed by atoms with van der Waals surface area (Å²) in [7, 11) is 0. The molecule has 3 aromatic rings. The summed E-state index contributed by atoms with van der Waals surface area (Å²) in [6.45, 7) is 4.24. The number of para-hydroxylation sites is 1. The number of likely N-dealkylation sites (tertiary alicyclic amines) is 1. The third-order valence-corrected chi connectivity index (χ3v) is 5.92. The van der Waals surface area contributed by atoms with Gasteiger partial charge in [0.1, 0.15) is 11.2 Å². The van der Waals surface area contributed by atoms with Gasteiger partial charge in [0, 0.05) is 30.2 Å². The molecule has 0 N–H and O–H groups in total. The van der Waals surface area contributed by atoms with E-state index in [0.29, 0.717) is 32.1 Å². The van der Waals surface area contributed by atoms with Gasteiger partial charge in [-0.05, 0) is 31.5 Å². The van der Waals surface area contributed by atoms with Crippen LogP contribution in [0.1, 0.15) is 34.7 Å². The van der Waals surface area contributed by atoms with Crippen molar-refractivity contribution in [3.63, 3.8) is 0 Å². The lowest BCUT2D eigenvalue weighted by atomic mass is 9.84. The minimum atomic E-state index is -0.303. The third kappa shape index (κ3) is 3.43. The fourth-order valence-electron chi connectivity index (χ4n) is 4.35. The van der Waals surface area contributed by atoms with Crippen LogP contribution in [0.25, 0.3) is 11.0 Å². The topological polar surface area (TPSA) is 64.8 Å². The van der Waals surface area contributed by atoms with Gasteiger partial charge in [0.2, 0.25) is 0 Å². The molecule has 6 heteroatoms. The monoisotopic (exact) mass is 392 g/mol. The van der Waals surface area contributed by atoms with E-state index in [4.69, 9.17) is 13.9 Å². The molecule has 1 aromatic carbocycles. The number of carbonyl (C=O) groups excluding carboxylic acids is 1. The Labute approximate surface area is 169 Å². The molecule has 1 atom stereocenters. The number of nitrogens with zero attached hydrogens (tertiary/aromatic N) is 2. The number of amides is 1. The van der Waals surface area contributed by atoms with E-state index in [1.807, 2.05) is 54.3 Å². The van der Waals surface area contributed by atoms with Crippen molar-refractivity contribution in [3.8, 4) is 0 Å². The molecule has 5 rings (SSSR count). The van der Waals surface area contributed by atoms with Gasteiger partial charge < -0.3 is 18.8 Å². The van der Waals surface area contributed by atoms with Crippen LogP contribution in [0.15, 0.2) is 53.1 Å². The number of aromatic nitrogens is 1. The summed E-state index contributed by atoms with van der Waals surface area (Å²) in [6.07, 6.45) is 3.56. The van der Waals surface area contributed by atoms with Gasteiger partial charge in [-0.25, -0.2) is 0 Å². The molecule has 1 amide bonds. The number of furan rings is 1. The van der Waals surface area contributed by atoms with E-state index in [-0.39, 0.29) is 17.6 Å². The smallest absolute Gasteiger partial charge is 0.290 e. The molecule has 150 valence electrons. The van der Waals surface area contributed by atoms with Gasteiger partial charge in [0.25, 0.3) is 5.91 Å². The minimum Gasteiger partial charge on any atom is -0.451 e. The molecule has 29 heavy (non-hydrogen) atoms. The highest BCUT2D eigenvalue weighted by Crippen LogP contribution is 2.37. The van der Waals surface area contributed by atoms with Crippen molar-refractivity contribution in [2.24, 2.45) is 0 Å². The Morgan fingerprint density at radius 3 is 2.86 bits per heavy atom. The van der Waals surface area contributed by atoms with Crippen LogP contribution in [0.4, 0.5) is 0 Å². The van der Waals surface area contributed by atoms with Gasteiger partial charge in [-0.2, -0.15) is 0 Å². The standard InChI is InChI=1S/C23H24N2O4/c1-16-19-7-2-3-8-20(19)29-21(16)22(26)25-14-23(15-25)12-18(9-11-28-23)27-13-17-6-4-5-10-24-17/h2-8,10,18H,9,11-15H2,1H3/t18-/m0/s1. The van der Waals surface area contributed by atoms with Gasteiger partial charge in [0.15, 0.2) is 5.76 Å². The summed E-state index contributed by atoms with van der Waals surface area (Å²) in [5.41, 5.74) is 2.27. The summed E-state index contributed by atoms with van der Waals surface area (Å²) in [5, 5.41) is 0.989. The highest BCUT2D eigenvalue weighted by Gasteiger charge is 2.50. The third-order valence-electron chi connectivity index (χ3n) is 5.92. The number of pyridine rings is 1. The second-order valence-corrected chi connectivity index (χ2v) is 7.99. The van der Waals surface area contributed by atoms with Crippen molar-refractivity contribution in [3.05, 3.63) is 65.7 Å². The Morgan fingerprint density at radius 2 is 2.07 bits per heavy atom. The van der Waals surface area contributed by atoms with Crippen LogP contribution in [0, 0.1) is 6.92 Å². The average molecular weight is 392 g/mol. The van der Waals surface area contributed by atoms with Gasteiger partial charge in [-0.1, -0.05) is 24.3 Å². The van der Waals surface area contributed by atoms with E-state index >= 15 is 0 Å². The second kappa shape index (κ2) is 7.28. The van der Waals surface area contributed by atoms with E-state index in [9.17, 15) is 4.79 Å². The summed E-state index contributed by atoms with van der Waals surface area (Å²) in [4.78, 5) is 19.1. The van der Waals surface area contributed by atoms with Crippen LogP contribution in [0.2, 0.25) is 0 Å². The largest absolute Gasteiger partial charge is 0.451 e. The lowest BCUT2D eigenvalue weighted by Crippen LogP contribution is -2.67. The Kier molecular flexibility index (Phi) is 4.60. The minimum absolute atomic E-state index is 0.0653. The summed E-state index contributed by atoms with van der Waals surface area (Å²) in [6, 6.07) is 13.6. The van der Waals surface area contributed by atoms with Crippen molar-refractivity contribution in [2.75, 3.05) is 19.7 Å². The maximum Gasteiger partial charge on any atom is 0.290 e. The number of fused-ring (bicyclic) bond motifs is 1. The molecular formula is C23H24N2O4. The molecule has 2 aliphatic heterocycles. The zero-order valence-electron chi connectivity index (χ0n) is 16.5. The van der Waals surface area contributed by atoms with Crippen molar-refractivity contribution < 1.29 is 18.7 Å². The highest BCUT2D eigenvalue weighted by molar-refractivity contribution is 5.99. The molecule has 1 spiro atoms. The molecule has 0 radical (unpaired) electrons. The van der Waals surface area contributed by atoms with Crippen LogP contribution in [0.3, 0.4) is 0 Å². The van der Waals surface area contributed by atoms with E-state index in [1.165, 1.54) is 0 Å². The number of benzene rings is 1. The number of hydrogen-bond acceptors (Lipinski definition) is 5. The molecule has 0 bridgehead atoms. The molecule has 2 aromatic heterocycles. The first kappa shape index (κ1) is 18.3. The predicted molar refractivity (Wildman–Crippen MR) is 108 cm³/mol. The zero-order chi connectivity index (χ0) is 19.8. The quantitative estimate of drug-likeness (QED) is 0.677. The Bertz CT molecular complexity index is 1020. The molecule has 4 heterocycles. The van der Waals surface area contributed by atoms with Crippen LogP contribution < -0.4 is 0 Å². The van der Waals surface area contributed by atoms with E-state index in [0.717, 1.165) is 35.1 Å². The first-order chi connectivity index (χ1) is 14.1. The first-order valence-corrected chi connectivity index (χ1v) is 10.1. The van der Waals surface area contributed by atoms with Crippen molar-refractivity contribution in [1.82, 2.24) is 9.88 Å². The summed E-state index contributed by atoms with van der Waals surface area (Å²) < 4.78 is 18.0. The van der Waals surface area contributed by atoms with E-state index < -0.39 is 0 Å². The van der Waals surface area contributed by atoms with E-state index in [2.05, 4.69) is 4.98 Å². The normalized spacial score (nSPS) is 20.7. The lowest BCUT2D eigenvalue weighted by molar-refractivity contribution is -0.188. The van der Waals surface area contributed by atoms with Crippen LogP contribution in [-0.2, 0) is 16.1 Å². The number of ether oxygens (including phenoxy) is 2. The van der Waals surface area contributed by atoms with Gasteiger partial charge >= 0.3 is 0 Å². The Morgan fingerprint density at radius 1 is 1.24 bits per heavy atom. The number of carbonyl (C=O) groups is 1. The van der Waals surface area contributed by atoms with Crippen molar-refractivity contribution in [2.45, 2.75) is 38.1 Å². The fraction of sp³-hybridized carbons (Fsp3) is 0.391. The summed E-state index contributed by atoms with van der Waals surface area (Å²) in [5.74, 6) is 0.365. The molecule has 0 unspecified atom stereocenters. The molecule has 2 aliphatic rings. The maximum atomic E-state index is 13.0. The first-order valence-electron chi connectivity index (χ1n) is 10.1. The number of aryl methyl sites for hydroxylation is 1. The van der Waals surface area contributed by atoms with Crippen LogP contribution in [0.5, 0.6) is 0 Å². The number of rotatable bonds is 4. The molecule has 2 fully saturated rings. The lowest BCUT2D eigenvalue weighted by Gasteiger charge is -2.52. The maximum absolute atomic E-state index is 13.0. The predicted octanol–water partition coefficient (Wildman–Crippen LogP) is 3.73. The second-order valence-electron chi connectivity index (χ2n) is 7.99. The van der Waals surface area contributed by atoms with Crippen molar-refractivity contribution >= 4 is 16.9 Å².